The summed E-state index contributed by atoms with van der Waals surface area (Å²) in [4.78, 5) is 45.2. The lowest BCUT2D eigenvalue weighted by molar-refractivity contribution is -0.384. The van der Waals surface area contributed by atoms with Crippen molar-refractivity contribution in [3.8, 4) is 0 Å². The van der Waals surface area contributed by atoms with Crippen LogP contribution in [-0.4, -0.2) is 48.9 Å². The molecule has 240 valence electrons. The van der Waals surface area contributed by atoms with Crippen molar-refractivity contribution in [2.75, 3.05) is 16.8 Å². The number of para-hydroxylation sites is 1. The summed E-state index contributed by atoms with van der Waals surface area (Å²) in [5.41, 5.74) is 7.14. The number of non-ortho nitro benzene ring substituents is 1. The van der Waals surface area contributed by atoms with Gasteiger partial charge in [0.1, 0.15) is 0 Å². The molecule has 0 unspecified atom stereocenters. The van der Waals surface area contributed by atoms with E-state index in [1.807, 2.05) is 59.5 Å². The first kappa shape index (κ1) is 29.6. The Labute approximate surface area is 275 Å². The highest BCUT2D eigenvalue weighted by atomic mass is 16.6. The zero-order chi connectivity index (χ0) is 32.8. The quantitative estimate of drug-likeness (QED) is 0.152. The van der Waals surface area contributed by atoms with Gasteiger partial charge >= 0.3 is 0 Å². The van der Waals surface area contributed by atoms with Crippen LogP contribution in [0, 0.1) is 15.5 Å². The summed E-state index contributed by atoms with van der Waals surface area (Å²) >= 11 is 0. The third kappa shape index (κ3) is 5.59. The number of allylic oxidation sites excluding steroid dienone is 1. The van der Waals surface area contributed by atoms with Gasteiger partial charge in [-0.15, -0.1) is 10.2 Å². The largest absolute Gasteiger partial charge is 0.322 e. The number of aryl methyl sites for hydroxylation is 1. The summed E-state index contributed by atoms with van der Waals surface area (Å²) in [5.74, 6) is 0.539. The smallest absolute Gasteiger partial charge is 0.270 e. The van der Waals surface area contributed by atoms with E-state index in [0.717, 1.165) is 64.7 Å². The van der Waals surface area contributed by atoms with Gasteiger partial charge in [-0.05, 0) is 96.5 Å². The van der Waals surface area contributed by atoms with Gasteiger partial charge in [-0.3, -0.25) is 19.7 Å². The van der Waals surface area contributed by atoms with E-state index in [0.29, 0.717) is 54.8 Å². The molecule has 2 N–H and O–H groups in total. The highest BCUT2D eigenvalue weighted by Crippen LogP contribution is 2.50. The SMILES string of the molecule is O=C(Nc1ccc2c(c1)CCC(=O)N2CC1(Cc2nn[nH]n2)CC1)c1c2c(nc3ccccc13)/C(=C/c1cccc([N+](=O)[O-])c1)CCC2. The summed E-state index contributed by atoms with van der Waals surface area (Å²) in [6.07, 6.45) is 7.89. The Hall–Kier alpha value is -5.78. The first-order valence-corrected chi connectivity index (χ1v) is 16.2. The molecule has 2 amide bonds. The molecule has 0 spiro atoms. The lowest BCUT2D eigenvalue weighted by atomic mass is 9.85. The van der Waals surface area contributed by atoms with Crippen molar-refractivity contribution >= 4 is 51.4 Å². The van der Waals surface area contributed by atoms with E-state index in [1.54, 1.807) is 12.1 Å². The molecule has 0 radical (unpaired) electrons. The second-order valence-corrected chi connectivity index (χ2v) is 13.0. The fourth-order valence-electron chi connectivity index (χ4n) is 7.16. The van der Waals surface area contributed by atoms with Crippen molar-refractivity contribution in [2.45, 2.75) is 51.4 Å². The number of carbonyl (C=O) groups excluding carboxylic acids is 2. The number of aromatic amines is 1. The predicted octanol–water partition coefficient (Wildman–Crippen LogP) is 6.09. The monoisotopic (exact) mass is 640 g/mol. The number of aromatic nitrogens is 5. The first-order chi connectivity index (χ1) is 23.4. The summed E-state index contributed by atoms with van der Waals surface area (Å²) in [7, 11) is 0. The van der Waals surface area contributed by atoms with Gasteiger partial charge in [0.2, 0.25) is 5.91 Å². The number of pyridine rings is 1. The molecule has 0 atom stereocenters. The molecule has 48 heavy (non-hydrogen) atoms. The minimum atomic E-state index is -0.400. The summed E-state index contributed by atoms with van der Waals surface area (Å²) in [6.45, 7) is 0.598. The Morgan fingerprint density at radius 2 is 1.92 bits per heavy atom. The molecular weight excluding hydrogens is 608 g/mol. The molecule has 2 aliphatic carbocycles. The van der Waals surface area contributed by atoms with Crippen LogP contribution < -0.4 is 10.2 Å². The average molecular weight is 641 g/mol. The Morgan fingerprint density at radius 1 is 1.04 bits per heavy atom. The second kappa shape index (κ2) is 11.8. The fraction of sp³-hybridized carbons (Fsp3) is 0.278. The molecular formula is C36H32N8O4. The van der Waals surface area contributed by atoms with Gasteiger partial charge < -0.3 is 10.2 Å². The number of benzene rings is 3. The van der Waals surface area contributed by atoms with E-state index in [-0.39, 0.29) is 22.9 Å². The van der Waals surface area contributed by atoms with Crippen LogP contribution in [-0.2, 0) is 24.1 Å². The van der Waals surface area contributed by atoms with Gasteiger partial charge in [0.05, 0.1) is 21.7 Å². The van der Waals surface area contributed by atoms with Gasteiger partial charge in [0.25, 0.3) is 11.6 Å². The van der Waals surface area contributed by atoms with Gasteiger partial charge in [-0.1, -0.05) is 35.5 Å². The Balaban J connectivity index is 1.10. The van der Waals surface area contributed by atoms with E-state index in [9.17, 15) is 19.7 Å². The van der Waals surface area contributed by atoms with Gasteiger partial charge in [0, 0.05) is 48.3 Å². The lowest BCUT2D eigenvalue weighted by Crippen LogP contribution is -2.40. The number of carbonyl (C=O) groups is 2. The number of rotatable bonds is 8. The van der Waals surface area contributed by atoms with Crippen LogP contribution in [0.1, 0.15) is 70.7 Å². The molecule has 12 nitrogen and oxygen atoms in total. The maximum absolute atomic E-state index is 14.2. The number of nitrogens with one attached hydrogen (secondary N) is 2. The van der Waals surface area contributed by atoms with E-state index in [2.05, 4.69) is 25.9 Å². The molecule has 1 saturated carbocycles. The number of hydrogen-bond acceptors (Lipinski definition) is 8. The molecule has 3 aliphatic rings. The number of nitrogens with zero attached hydrogens (tertiary/aromatic N) is 6. The summed E-state index contributed by atoms with van der Waals surface area (Å²) in [6, 6.07) is 20.0. The number of H-pyrrole nitrogens is 1. The predicted molar refractivity (Wildman–Crippen MR) is 180 cm³/mol. The van der Waals surface area contributed by atoms with E-state index in [1.165, 1.54) is 6.07 Å². The maximum Gasteiger partial charge on any atom is 0.270 e. The number of amides is 2. The van der Waals surface area contributed by atoms with Crippen LogP contribution in [0.3, 0.4) is 0 Å². The topological polar surface area (TPSA) is 160 Å². The highest BCUT2D eigenvalue weighted by Gasteiger charge is 2.46. The molecule has 5 aromatic rings. The van der Waals surface area contributed by atoms with Crippen LogP contribution in [0.5, 0.6) is 0 Å². The second-order valence-electron chi connectivity index (χ2n) is 13.0. The Kier molecular flexibility index (Phi) is 7.27. The number of tetrazole rings is 1. The standard InChI is InChI=1S/C36H32N8O4/c45-32-14-11-23-19-25(12-13-30(23)43(32)21-36(15-16-36)20-31-39-41-42-40-31)37-35(46)33-27-8-1-2-10-29(27)38-34-24(6-4-9-28(33)34)17-22-5-3-7-26(18-22)44(47)48/h1-3,5,7-8,10,12-13,17-19H,4,6,9,11,14-16,20-21H2,(H,37,46)(H,39,40,41,42)/b24-17+. The van der Waals surface area contributed by atoms with Crippen LogP contribution >= 0.6 is 0 Å². The normalized spacial score (nSPS) is 17.2. The van der Waals surface area contributed by atoms with Crippen molar-refractivity contribution in [3.05, 3.63) is 111 Å². The van der Waals surface area contributed by atoms with Crippen molar-refractivity contribution < 1.29 is 14.5 Å². The summed E-state index contributed by atoms with van der Waals surface area (Å²) < 4.78 is 0. The zero-order valence-electron chi connectivity index (χ0n) is 26.1. The number of nitro groups is 1. The Morgan fingerprint density at radius 3 is 2.73 bits per heavy atom. The first-order valence-electron chi connectivity index (χ1n) is 16.2. The van der Waals surface area contributed by atoms with Crippen LogP contribution in [0.15, 0.2) is 66.7 Å². The molecule has 12 heteroatoms. The minimum absolute atomic E-state index is 0.0281. The fourth-order valence-corrected chi connectivity index (χ4v) is 7.16. The zero-order valence-corrected chi connectivity index (χ0v) is 26.1. The third-order valence-electron chi connectivity index (χ3n) is 9.73. The number of nitro benzene ring substituents is 1. The van der Waals surface area contributed by atoms with Crippen LogP contribution in [0.2, 0.25) is 0 Å². The summed E-state index contributed by atoms with van der Waals surface area (Å²) in [5, 5.41) is 29.7. The van der Waals surface area contributed by atoms with E-state index >= 15 is 0 Å². The number of fused-ring (bicyclic) bond motifs is 3. The van der Waals surface area contributed by atoms with Crippen LogP contribution in [0.25, 0.3) is 22.6 Å². The van der Waals surface area contributed by atoms with Gasteiger partial charge in [-0.2, -0.15) is 5.21 Å². The molecule has 0 saturated heterocycles. The number of anilines is 2. The molecule has 0 bridgehead atoms. The minimum Gasteiger partial charge on any atom is -0.322 e. The van der Waals surface area contributed by atoms with Crippen molar-refractivity contribution in [1.29, 1.82) is 0 Å². The molecule has 2 aromatic heterocycles. The molecule has 8 rings (SSSR count). The maximum atomic E-state index is 14.2. The van der Waals surface area contributed by atoms with Crippen molar-refractivity contribution in [1.82, 2.24) is 25.6 Å². The van der Waals surface area contributed by atoms with Crippen molar-refractivity contribution in [3.63, 3.8) is 0 Å². The highest BCUT2D eigenvalue weighted by molar-refractivity contribution is 6.14. The molecule has 1 aliphatic heterocycles. The lowest BCUT2D eigenvalue weighted by Gasteiger charge is -2.33. The third-order valence-corrected chi connectivity index (χ3v) is 9.73. The molecule has 1 fully saturated rings. The average Bonchev–Trinajstić information content (AvgIpc) is 3.65. The van der Waals surface area contributed by atoms with E-state index in [4.69, 9.17) is 4.98 Å². The number of hydrogen-bond donors (Lipinski definition) is 2. The van der Waals surface area contributed by atoms with Crippen LogP contribution in [0.4, 0.5) is 17.1 Å². The molecule has 3 aromatic carbocycles. The van der Waals surface area contributed by atoms with Gasteiger partial charge in [-0.25, -0.2) is 4.98 Å². The Bertz CT molecular complexity index is 2140. The van der Waals surface area contributed by atoms with E-state index < -0.39 is 4.92 Å². The van der Waals surface area contributed by atoms with Crippen molar-refractivity contribution in [2.24, 2.45) is 5.41 Å². The van der Waals surface area contributed by atoms with Gasteiger partial charge in [0.15, 0.2) is 5.82 Å². The molecule has 3 heterocycles.